The topological polar surface area (TPSA) is 38.8 Å². The maximum absolute atomic E-state index is 13.9. The molecular formula is C29H37NO3. The van der Waals surface area contributed by atoms with Gasteiger partial charge in [-0.1, -0.05) is 81.4 Å². The molecule has 0 amide bonds. The van der Waals surface area contributed by atoms with E-state index in [4.69, 9.17) is 9.47 Å². The number of benzene rings is 2. The standard InChI is InChI=1S/C29H37NO3/c1-28(2)24-14-15-29(28,3)26(23(24)20-30-16-18-32-19-17-30)33-27(31)25(21-10-6-4-7-11-21)22-12-8-5-9-13-22/h4-13,23-26H,14-20H2,1-3H3. The number of rotatable bonds is 6. The fourth-order valence-electron chi connectivity index (χ4n) is 6.97. The molecule has 4 heteroatoms. The van der Waals surface area contributed by atoms with Crippen molar-refractivity contribution in [1.82, 2.24) is 4.90 Å². The Kier molecular flexibility index (Phi) is 6.09. The Balaban J connectivity index is 1.45. The zero-order chi connectivity index (χ0) is 23.1. The lowest BCUT2D eigenvalue weighted by atomic mass is 9.70. The maximum atomic E-state index is 13.9. The summed E-state index contributed by atoms with van der Waals surface area (Å²) in [5.74, 6) is 0.430. The molecular weight excluding hydrogens is 410 g/mol. The molecule has 0 aromatic heterocycles. The molecule has 2 bridgehead atoms. The molecule has 0 N–H and O–H groups in total. The predicted octanol–water partition coefficient (Wildman–Crippen LogP) is 5.13. The molecule has 4 unspecified atom stereocenters. The summed E-state index contributed by atoms with van der Waals surface area (Å²) in [5.41, 5.74) is 2.14. The van der Waals surface area contributed by atoms with Crippen LogP contribution in [-0.2, 0) is 14.3 Å². The van der Waals surface area contributed by atoms with Crippen LogP contribution in [0.3, 0.4) is 0 Å². The molecule has 5 rings (SSSR count). The quantitative estimate of drug-likeness (QED) is 0.575. The van der Waals surface area contributed by atoms with Crippen molar-refractivity contribution in [2.75, 3.05) is 32.8 Å². The van der Waals surface area contributed by atoms with Crippen molar-refractivity contribution in [2.24, 2.45) is 22.7 Å². The summed E-state index contributed by atoms with van der Waals surface area (Å²) < 4.78 is 12.2. The average molecular weight is 448 g/mol. The van der Waals surface area contributed by atoms with E-state index in [2.05, 4.69) is 25.7 Å². The first-order chi connectivity index (χ1) is 15.9. The third-order valence-electron chi connectivity index (χ3n) is 9.22. The van der Waals surface area contributed by atoms with E-state index >= 15 is 0 Å². The van der Waals surface area contributed by atoms with E-state index in [1.165, 1.54) is 6.42 Å². The largest absolute Gasteiger partial charge is 0.461 e. The lowest BCUT2D eigenvalue weighted by Crippen LogP contribution is -2.47. The van der Waals surface area contributed by atoms with Crippen molar-refractivity contribution in [1.29, 1.82) is 0 Å². The van der Waals surface area contributed by atoms with Gasteiger partial charge in [0.25, 0.3) is 0 Å². The normalized spacial score (nSPS) is 31.1. The van der Waals surface area contributed by atoms with Gasteiger partial charge in [-0.25, -0.2) is 0 Å². The molecule has 176 valence electrons. The van der Waals surface area contributed by atoms with E-state index in [0.29, 0.717) is 11.8 Å². The third-order valence-corrected chi connectivity index (χ3v) is 9.22. The van der Waals surface area contributed by atoms with Crippen molar-refractivity contribution >= 4 is 5.97 Å². The Morgan fingerprint density at radius 1 is 1.00 bits per heavy atom. The molecule has 1 aliphatic heterocycles. The molecule has 4 nitrogen and oxygen atoms in total. The van der Waals surface area contributed by atoms with E-state index in [-0.39, 0.29) is 22.9 Å². The number of nitrogens with zero attached hydrogens (tertiary/aromatic N) is 1. The molecule has 0 spiro atoms. The second-order valence-corrected chi connectivity index (χ2v) is 11.0. The summed E-state index contributed by atoms with van der Waals surface area (Å²) in [6.07, 6.45) is 2.30. The number of hydrogen-bond acceptors (Lipinski definition) is 4. The molecule has 0 radical (unpaired) electrons. The van der Waals surface area contributed by atoms with Crippen LogP contribution in [0.15, 0.2) is 60.7 Å². The second kappa shape index (κ2) is 8.88. The molecule has 3 aliphatic rings. The molecule has 2 saturated carbocycles. The fraction of sp³-hybridized carbons (Fsp3) is 0.552. The third kappa shape index (κ3) is 3.91. The van der Waals surface area contributed by atoms with Gasteiger partial charge in [0, 0.05) is 31.0 Å². The van der Waals surface area contributed by atoms with E-state index < -0.39 is 5.92 Å². The van der Waals surface area contributed by atoms with Crippen LogP contribution in [0.25, 0.3) is 0 Å². The lowest BCUT2D eigenvalue weighted by molar-refractivity contribution is -0.162. The lowest BCUT2D eigenvalue weighted by Gasteiger charge is -2.41. The van der Waals surface area contributed by atoms with Crippen LogP contribution in [0, 0.1) is 22.7 Å². The van der Waals surface area contributed by atoms with Gasteiger partial charge in [0.2, 0.25) is 0 Å². The summed E-state index contributed by atoms with van der Waals surface area (Å²) >= 11 is 0. The Morgan fingerprint density at radius 3 is 2.15 bits per heavy atom. The Morgan fingerprint density at radius 2 is 1.58 bits per heavy atom. The Labute approximate surface area is 198 Å². The van der Waals surface area contributed by atoms with Gasteiger partial charge >= 0.3 is 5.97 Å². The van der Waals surface area contributed by atoms with Gasteiger partial charge in [-0.3, -0.25) is 9.69 Å². The second-order valence-electron chi connectivity index (χ2n) is 11.0. The number of esters is 1. The Bertz CT molecular complexity index is 914. The fourth-order valence-corrected chi connectivity index (χ4v) is 6.97. The van der Waals surface area contributed by atoms with Crippen molar-refractivity contribution in [3.8, 4) is 0 Å². The van der Waals surface area contributed by atoms with Gasteiger partial charge in [0.1, 0.15) is 12.0 Å². The van der Waals surface area contributed by atoms with Crippen molar-refractivity contribution < 1.29 is 14.3 Å². The first kappa shape index (κ1) is 22.6. The van der Waals surface area contributed by atoms with Gasteiger partial charge < -0.3 is 9.47 Å². The number of morpholine rings is 1. The molecule has 3 fully saturated rings. The minimum atomic E-state index is -0.401. The number of ether oxygens (including phenoxy) is 2. The van der Waals surface area contributed by atoms with Crippen molar-refractivity contribution in [2.45, 2.75) is 45.6 Å². The zero-order valence-electron chi connectivity index (χ0n) is 20.2. The van der Waals surface area contributed by atoms with Crippen LogP contribution in [-0.4, -0.2) is 49.8 Å². The molecule has 1 heterocycles. The van der Waals surface area contributed by atoms with Gasteiger partial charge in [-0.05, 0) is 35.3 Å². The average Bonchev–Trinajstić information content (AvgIpc) is 3.15. The number of fused-ring (bicyclic) bond motifs is 2. The van der Waals surface area contributed by atoms with Gasteiger partial charge in [0.15, 0.2) is 0 Å². The molecule has 2 aliphatic carbocycles. The summed E-state index contributed by atoms with van der Waals surface area (Å²) in [5, 5.41) is 0. The highest BCUT2D eigenvalue weighted by Crippen LogP contribution is 2.68. The molecule has 33 heavy (non-hydrogen) atoms. The van der Waals surface area contributed by atoms with E-state index in [1.54, 1.807) is 0 Å². The smallest absolute Gasteiger partial charge is 0.318 e. The van der Waals surface area contributed by atoms with Gasteiger partial charge in [-0.15, -0.1) is 0 Å². The monoisotopic (exact) mass is 447 g/mol. The van der Waals surface area contributed by atoms with E-state index in [0.717, 1.165) is 50.4 Å². The number of carbonyl (C=O) groups excluding carboxylic acids is 1. The molecule has 2 aromatic rings. The van der Waals surface area contributed by atoms with Crippen molar-refractivity contribution in [3.05, 3.63) is 71.8 Å². The summed E-state index contributed by atoms with van der Waals surface area (Å²) in [6.45, 7) is 11.7. The molecule has 1 saturated heterocycles. The number of carbonyl (C=O) groups is 1. The maximum Gasteiger partial charge on any atom is 0.318 e. The van der Waals surface area contributed by atoms with Crippen LogP contribution in [0.2, 0.25) is 0 Å². The van der Waals surface area contributed by atoms with E-state index in [1.807, 2.05) is 60.7 Å². The van der Waals surface area contributed by atoms with E-state index in [9.17, 15) is 4.79 Å². The zero-order valence-corrected chi connectivity index (χ0v) is 20.2. The predicted molar refractivity (Wildman–Crippen MR) is 130 cm³/mol. The summed E-state index contributed by atoms with van der Waals surface area (Å²) in [6, 6.07) is 20.1. The first-order valence-electron chi connectivity index (χ1n) is 12.5. The summed E-state index contributed by atoms with van der Waals surface area (Å²) in [7, 11) is 0. The van der Waals surface area contributed by atoms with Gasteiger partial charge in [0.05, 0.1) is 13.2 Å². The highest BCUT2D eigenvalue weighted by Gasteiger charge is 2.67. The molecule has 2 aromatic carbocycles. The Hall–Kier alpha value is -2.17. The van der Waals surface area contributed by atoms with Crippen LogP contribution >= 0.6 is 0 Å². The van der Waals surface area contributed by atoms with Crippen LogP contribution in [0.1, 0.15) is 50.7 Å². The van der Waals surface area contributed by atoms with Crippen LogP contribution < -0.4 is 0 Å². The van der Waals surface area contributed by atoms with Crippen molar-refractivity contribution in [3.63, 3.8) is 0 Å². The summed E-state index contributed by atoms with van der Waals surface area (Å²) in [4.78, 5) is 16.4. The van der Waals surface area contributed by atoms with Crippen LogP contribution in [0.4, 0.5) is 0 Å². The molecule has 4 atom stereocenters. The minimum Gasteiger partial charge on any atom is -0.461 e. The SMILES string of the molecule is CC1(C)C2CCC1(C)C(OC(=O)C(c1ccccc1)c1ccccc1)C2CN1CCOCC1. The van der Waals surface area contributed by atoms with Gasteiger partial charge in [-0.2, -0.15) is 0 Å². The highest BCUT2D eigenvalue weighted by atomic mass is 16.5. The highest BCUT2D eigenvalue weighted by molar-refractivity contribution is 5.82. The van der Waals surface area contributed by atoms with Crippen LogP contribution in [0.5, 0.6) is 0 Å². The minimum absolute atomic E-state index is 0.00219. The first-order valence-corrected chi connectivity index (χ1v) is 12.5. The number of hydrogen-bond donors (Lipinski definition) is 0.